The van der Waals surface area contributed by atoms with Crippen molar-refractivity contribution in [2.75, 3.05) is 13.2 Å². The first-order chi connectivity index (χ1) is 5.54. The second kappa shape index (κ2) is 3.35. The maximum absolute atomic E-state index is 5.77. The minimum absolute atomic E-state index is 0.0273. The van der Waals surface area contributed by atoms with Crippen LogP contribution in [0.5, 0.6) is 0 Å². The molecule has 1 aliphatic carbocycles. The molecule has 0 saturated heterocycles. The Hall–Kier alpha value is -0.0800. The number of nitrogens with two attached hydrogens (primary N) is 1. The summed E-state index contributed by atoms with van der Waals surface area (Å²) in [5.74, 6) is 0. The maximum atomic E-state index is 5.77. The first kappa shape index (κ1) is 10.0. The molecule has 1 rings (SSSR count). The highest BCUT2D eigenvalue weighted by atomic mass is 16.5. The Balaban J connectivity index is 2.36. The molecule has 0 atom stereocenters. The molecule has 0 heterocycles. The highest BCUT2D eigenvalue weighted by molar-refractivity contribution is 5.01. The van der Waals surface area contributed by atoms with Crippen LogP contribution in [-0.2, 0) is 4.74 Å². The Morgan fingerprint density at radius 1 is 1.33 bits per heavy atom. The molecule has 0 aromatic rings. The van der Waals surface area contributed by atoms with Gasteiger partial charge in [0.15, 0.2) is 0 Å². The van der Waals surface area contributed by atoms with E-state index in [1.165, 1.54) is 0 Å². The lowest BCUT2D eigenvalue weighted by molar-refractivity contribution is -0.151. The van der Waals surface area contributed by atoms with Gasteiger partial charge in [-0.3, -0.25) is 0 Å². The van der Waals surface area contributed by atoms with Crippen LogP contribution in [0.25, 0.3) is 0 Å². The van der Waals surface area contributed by atoms with Crippen LogP contribution in [0.3, 0.4) is 0 Å². The van der Waals surface area contributed by atoms with E-state index in [-0.39, 0.29) is 5.60 Å². The molecular formula is C10H21NO. The fourth-order valence-corrected chi connectivity index (χ4v) is 2.32. The molecular weight excluding hydrogens is 150 g/mol. The molecule has 0 unspecified atom stereocenters. The van der Waals surface area contributed by atoms with Crippen LogP contribution in [0, 0.1) is 5.41 Å². The zero-order valence-corrected chi connectivity index (χ0v) is 8.52. The molecule has 0 aromatic carbocycles. The maximum Gasteiger partial charge on any atom is 0.0814 e. The predicted octanol–water partition coefficient (Wildman–Crippen LogP) is 1.93. The molecule has 0 aliphatic heterocycles. The lowest BCUT2D eigenvalue weighted by Crippen LogP contribution is -2.55. The van der Waals surface area contributed by atoms with Crippen molar-refractivity contribution in [1.82, 2.24) is 0 Å². The fourth-order valence-electron chi connectivity index (χ4n) is 2.32. The van der Waals surface area contributed by atoms with Crippen LogP contribution in [0.2, 0.25) is 0 Å². The van der Waals surface area contributed by atoms with Crippen molar-refractivity contribution in [1.29, 1.82) is 0 Å². The molecule has 2 nitrogen and oxygen atoms in total. The summed E-state index contributed by atoms with van der Waals surface area (Å²) >= 11 is 0. The third-order valence-corrected chi connectivity index (χ3v) is 2.59. The molecule has 0 aromatic heterocycles. The van der Waals surface area contributed by atoms with Gasteiger partial charge in [-0.25, -0.2) is 0 Å². The standard InChI is InChI=1S/C10H21NO/c1-4-5-12-10(8-11)6-9(2,3)7-10/h4-8,11H2,1-3H3. The van der Waals surface area contributed by atoms with Crippen LogP contribution in [0.15, 0.2) is 0 Å². The summed E-state index contributed by atoms with van der Waals surface area (Å²) in [7, 11) is 0. The normalized spacial score (nSPS) is 25.0. The Morgan fingerprint density at radius 2 is 1.92 bits per heavy atom. The van der Waals surface area contributed by atoms with Gasteiger partial charge in [0.05, 0.1) is 5.60 Å². The third-order valence-electron chi connectivity index (χ3n) is 2.59. The van der Waals surface area contributed by atoms with Gasteiger partial charge in [-0.2, -0.15) is 0 Å². The summed E-state index contributed by atoms with van der Waals surface area (Å²) in [6.07, 6.45) is 3.33. The van der Waals surface area contributed by atoms with Gasteiger partial charge in [0, 0.05) is 13.2 Å². The highest BCUT2D eigenvalue weighted by Crippen LogP contribution is 2.49. The van der Waals surface area contributed by atoms with Crippen molar-refractivity contribution in [3.05, 3.63) is 0 Å². The molecule has 72 valence electrons. The van der Waals surface area contributed by atoms with Gasteiger partial charge in [0.25, 0.3) is 0 Å². The molecule has 0 radical (unpaired) electrons. The highest BCUT2D eigenvalue weighted by Gasteiger charge is 2.49. The number of ether oxygens (including phenoxy) is 1. The van der Waals surface area contributed by atoms with Gasteiger partial charge in [0.1, 0.15) is 0 Å². The molecule has 2 heteroatoms. The lowest BCUT2D eigenvalue weighted by Gasteiger charge is -2.52. The number of hydrogen-bond donors (Lipinski definition) is 1. The van der Waals surface area contributed by atoms with Crippen molar-refractivity contribution < 1.29 is 4.74 Å². The van der Waals surface area contributed by atoms with E-state index in [0.29, 0.717) is 12.0 Å². The zero-order chi connectivity index (χ0) is 9.24. The summed E-state index contributed by atoms with van der Waals surface area (Å²) in [6.45, 7) is 8.21. The van der Waals surface area contributed by atoms with E-state index in [9.17, 15) is 0 Å². The average molecular weight is 171 g/mol. The molecule has 0 bridgehead atoms. The SMILES string of the molecule is CCCOC1(CN)CC(C)(C)C1. The smallest absolute Gasteiger partial charge is 0.0814 e. The van der Waals surface area contributed by atoms with E-state index in [2.05, 4.69) is 20.8 Å². The summed E-state index contributed by atoms with van der Waals surface area (Å²) in [4.78, 5) is 0. The molecule has 1 fully saturated rings. The molecule has 1 aliphatic rings. The van der Waals surface area contributed by atoms with E-state index >= 15 is 0 Å². The van der Waals surface area contributed by atoms with Crippen LogP contribution >= 0.6 is 0 Å². The number of rotatable bonds is 4. The van der Waals surface area contributed by atoms with E-state index in [1.54, 1.807) is 0 Å². The quantitative estimate of drug-likeness (QED) is 0.701. The van der Waals surface area contributed by atoms with Crippen LogP contribution in [0.1, 0.15) is 40.0 Å². The zero-order valence-electron chi connectivity index (χ0n) is 8.52. The van der Waals surface area contributed by atoms with Gasteiger partial charge < -0.3 is 10.5 Å². The number of hydrogen-bond acceptors (Lipinski definition) is 2. The topological polar surface area (TPSA) is 35.2 Å². The Bertz CT molecular complexity index is 146. The first-order valence-electron chi connectivity index (χ1n) is 4.88. The van der Waals surface area contributed by atoms with Crippen molar-refractivity contribution in [2.24, 2.45) is 11.1 Å². The fraction of sp³-hybridized carbons (Fsp3) is 1.00. The van der Waals surface area contributed by atoms with E-state index < -0.39 is 0 Å². The molecule has 12 heavy (non-hydrogen) atoms. The predicted molar refractivity (Wildman–Crippen MR) is 51.0 cm³/mol. The second-order valence-corrected chi connectivity index (χ2v) is 4.75. The summed E-state index contributed by atoms with van der Waals surface area (Å²) in [5.41, 5.74) is 6.18. The molecule has 2 N–H and O–H groups in total. The third kappa shape index (κ3) is 1.99. The van der Waals surface area contributed by atoms with Crippen molar-refractivity contribution in [3.8, 4) is 0 Å². The van der Waals surface area contributed by atoms with E-state index in [4.69, 9.17) is 10.5 Å². The van der Waals surface area contributed by atoms with Gasteiger partial charge in [-0.05, 0) is 24.7 Å². The molecule has 0 amide bonds. The van der Waals surface area contributed by atoms with Crippen LogP contribution in [-0.4, -0.2) is 18.8 Å². The van der Waals surface area contributed by atoms with Crippen molar-refractivity contribution in [2.45, 2.75) is 45.6 Å². The average Bonchev–Trinajstić information content (AvgIpc) is 1.96. The first-order valence-corrected chi connectivity index (χ1v) is 4.88. The second-order valence-electron chi connectivity index (χ2n) is 4.75. The Morgan fingerprint density at radius 3 is 2.25 bits per heavy atom. The van der Waals surface area contributed by atoms with Crippen molar-refractivity contribution >= 4 is 0 Å². The van der Waals surface area contributed by atoms with E-state index in [1.807, 2.05) is 0 Å². The van der Waals surface area contributed by atoms with E-state index in [0.717, 1.165) is 25.9 Å². The summed E-state index contributed by atoms with van der Waals surface area (Å²) < 4.78 is 5.77. The Kier molecular flexibility index (Phi) is 2.79. The van der Waals surface area contributed by atoms with Gasteiger partial charge in [-0.1, -0.05) is 20.8 Å². The van der Waals surface area contributed by atoms with Gasteiger partial charge in [0.2, 0.25) is 0 Å². The van der Waals surface area contributed by atoms with Crippen molar-refractivity contribution in [3.63, 3.8) is 0 Å². The molecule has 1 saturated carbocycles. The minimum Gasteiger partial charge on any atom is -0.374 e. The monoisotopic (exact) mass is 171 g/mol. The van der Waals surface area contributed by atoms with Gasteiger partial charge >= 0.3 is 0 Å². The Labute approximate surface area is 75.5 Å². The lowest BCUT2D eigenvalue weighted by atomic mass is 9.61. The molecule has 0 spiro atoms. The summed E-state index contributed by atoms with van der Waals surface area (Å²) in [6, 6.07) is 0. The van der Waals surface area contributed by atoms with Crippen LogP contribution < -0.4 is 5.73 Å². The van der Waals surface area contributed by atoms with Gasteiger partial charge in [-0.15, -0.1) is 0 Å². The minimum atomic E-state index is 0.0273. The van der Waals surface area contributed by atoms with Crippen LogP contribution in [0.4, 0.5) is 0 Å². The summed E-state index contributed by atoms with van der Waals surface area (Å²) in [5, 5.41) is 0. The largest absolute Gasteiger partial charge is 0.374 e.